The third kappa shape index (κ3) is 3.68. The highest BCUT2D eigenvalue weighted by Crippen LogP contribution is 2.19. The average Bonchev–Trinajstić information content (AvgIpc) is 3.01. The van der Waals surface area contributed by atoms with Crippen LogP contribution < -0.4 is 16.6 Å². The fourth-order valence-electron chi connectivity index (χ4n) is 2.81. The van der Waals surface area contributed by atoms with Crippen LogP contribution in [0.3, 0.4) is 0 Å². The fraction of sp³-hybridized carbons (Fsp3) is 0.333. The summed E-state index contributed by atoms with van der Waals surface area (Å²) in [6.45, 7) is 2.49. The molecule has 1 N–H and O–H groups in total. The number of amides is 1. The molecule has 1 aromatic carbocycles. The normalized spacial score (nSPS) is 11.1. The summed E-state index contributed by atoms with van der Waals surface area (Å²) in [4.78, 5) is 41.3. The van der Waals surface area contributed by atoms with E-state index in [0.717, 1.165) is 5.56 Å². The zero-order chi connectivity index (χ0) is 19.6. The number of aryl methyl sites for hydroxylation is 2. The Labute approximate surface area is 159 Å². The summed E-state index contributed by atoms with van der Waals surface area (Å²) in [5.41, 5.74) is 0.931. The molecule has 2 heterocycles. The molecular weight excluding hydrogens is 366 g/mol. The molecule has 0 aliphatic rings. The Hall–Kier alpha value is -2.81. The number of fused-ring (bicyclic) bond motifs is 1. The Balaban J connectivity index is 1.78. The third-order valence-corrected chi connectivity index (χ3v) is 5.33. The lowest BCUT2D eigenvalue weighted by molar-refractivity contribution is -0.118. The van der Waals surface area contributed by atoms with Crippen LogP contribution in [-0.4, -0.2) is 30.3 Å². The molecule has 0 saturated heterocycles. The number of nitrogens with zero attached hydrogens (tertiary/aromatic N) is 4. The lowest BCUT2D eigenvalue weighted by atomic mass is 10.2. The quantitative estimate of drug-likeness (QED) is 0.634. The van der Waals surface area contributed by atoms with Crippen molar-refractivity contribution in [1.82, 2.24) is 24.0 Å². The molecule has 0 aliphatic carbocycles. The van der Waals surface area contributed by atoms with Crippen molar-refractivity contribution in [2.24, 2.45) is 14.1 Å². The van der Waals surface area contributed by atoms with Crippen molar-refractivity contribution in [3.05, 3.63) is 56.7 Å². The first-order valence-electron chi connectivity index (χ1n) is 8.53. The second-order valence-corrected chi connectivity index (χ2v) is 7.01. The summed E-state index contributed by atoms with van der Waals surface area (Å²) >= 11 is 1.23. The van der Waals surface area contributed by atoms with Crippen LogP contribution in [0.25, 0.3) is 11.2 Å². The number of nitrogens with one attached hydrogen (secondary N) is 1. The molecule has 8 nitrogen and oxygen atoms in total. The maximum atomic E-state index is 12.6. The first-order chi connectivity index (χ1) is 12.9. The van der Waals surface area contributed by atoms with Gasteiger partial charge in [0.1, 0.15) is 0 Å². The molecule has 0 unspecified atom stereocenters. The number of hydrogen-bond acceptors (Lipinski definition) is 5. The van der Waals surface area contributed by atoms with E-state index in [1.54, 1.807) is 25.6 Å². The summed E-state index contributed by atoms with van der Waals surface area (Å²) < 4.78 is 4.17. The number of benzene rings is 1. The number of thioether (sulfide) groups is 1. The summed E-state index contributed by atoms with van der Waals surface area (Å²) in [6, 6.07) is 9.65. The van der Waals surface area contributed by atoms with E-state index in [9.17, 15) is 14.4 Å². The predicted octanol–water partition coefficient (Wildman–Crippen LogP) is 0.862. The van der Waals surface area contributed by atoms with Crippen molar-refractivity contribution in [1.29, 1.82) is 0 Å². The number of carbonyl (C=O) groups is 1. The number of rotatable bonds is 6. The van der Waals surface area contributed by atoms with E-state index in [1.807, 2.05) is 30.3 Å². The highest BCUT2D eigenvalue weighted by Gasteiger charge is 2.18. The van der Waals surface area contributed by atoms with Crippen LogP contribution in [0, 0.1) is 0 Å². The van der Waals surface area contributed by atoms with Gasteiger partial charge >= 0.3 is 5.69 Å². The molecule has 2 aromatic heterocycles. The second kappa shape index (κ2) is 7.83. The van der Waals surface area contributed by atoms with Crippen LogP contribution in [-0.2, 0) is 32.0 Å². The minimum atomic E-state index is -0.398. The standard InChI is InChI=1S/C18H21N5O3S/c1-4-23-16(25)14-15(22(3)18(23)26)20-17(21(14)2)27-11-13(24)19-10-12-8-6-5-7-9-12/h5-9H,4,10-11H2,1-3H3,(H,19,24). The number of aromatic nitrogens is 4. The van der Waals surface area contributed by atoms with E-state index in [0.29, 0.717) is 22.9 Å². The van der Waals surface area contributed by atoms with Crippen molar-refractivity contribution in [2.45, 2.75) is 25.2 Å². The third-order valence-electron chi connectivity index (χ3n) is 4.30. The molecule has 27 heavy (non-hydrogen) atoms. The maximum Gasteiger partial charge on any atom is 0.332 e. The van der Waals surface area contributed by atoms with E-state index < -0.39 is 5.69 Å². The molecular formula is C18H21N5O3S. The van der Waals surface area contributed by atoms with E-state index in [-0.39, 0.29) is 23.8 Å². The van der Waals surface area contributed by atoms with Crippen LogP contribution in [0.15, 0.2) is 45.1 Å². The van der Waals surface area contributed by atoms with Gasteiger partial charge in [-0.05, 0) is 12.5 Å². The molecule has 0 saturated carbocycles. The number of imidazole rings is 1. The summed E-state index contributed by atoms with van der Waals surface area (Å²) in [7, 11) is 3.30. The van der Waals surface area contributed by atoms with Gasteiger partial charge < -0.3 is 9.88 Å². The van der Waals surface area contributed by atoms with E-state index >= 15 is 0 Å². The molecule has 0 fully saturated rings. The second-order valence-electron chi connectivity index (χ2n) is 6.07. The van der Waals surface area contributed by atoms with E-state index in [4.69, 9.17) is 0 Å². The van der Waals surface area contributed by atoms with Crippen LogP contribution in [0.5, 0.6) is 0 Å². The van der Waals surface area contributed by atoms with Gasteiger partial charge in [-0.15, -0.1) is 0 Å². The monoisotopic (exact) mass is 387 g/mol. The first kappa shape index (κ1) is 19.0. The van der Waals surface area contributed by atoms with Crippen molar-refractivity contribution in [2.75, 3.05) is 5.75 Å². The smallest absolute Gasteiger partial charge is 0.332 e. The summed E-state index contributed by atoms with van der Waals surface area (Å²) in [5, 5.41) is 3.37. The van der Waals surface area contributed by atoms with Gasteiger partial charge in [-0.3, -0.25) is 18.7 Å². The molecule has 1 amide bonds. The van der Waals surface area contributed by atoms with Gasteiger partial charge in [0.2, 0.25) is 5.91 Å². The average molecular weight is 387 g/mol. The molecule has 0 radical (unpaired) electrons. The minimum absolute atomic E-state index is 0.129. The fourth-order valence-corrected chi connectivity index (χ4v) is 3.61. The van der Waals surface area contributed by atoms with Gasteiger partial charge in [0.05, 0.1) is 5.75 Å². The predicted molar refractivity (Wildman–Crippen MR) is 105 cm³/mol. The molecule has 0 spiro atoms. The largest absolute Gasteiger partial charge is 0.351 e. The molecule has 142 valence electrons. The SMILES string of the molecule is CCn1c(=O)c2c(nc(SCC(=O)NCc3ccccc3)n2C)n(C)c1=O. The van der Waals surface area contributed by atoms with Crippen molar-refractivity contribution >= 4 is 28.8 Å². The highest BCUT2D eigenvalue weighted by molar-refractivity contribution is 7.99. The topological polar surface area (TPSA) is 90.9 Å². The Bertz CT molecular complexity index is 1100. The lowest BCUT2D eigenvalue weighted by Crippen LogP contribution is -2.39. The Morgan fingerprint density at radius 1 is 1.15 bits per heavy atom. The summed E-state index contributed by atoms with van der Waals surface area (Å²) in [5.74, 6) is 0.0377. The first-order valence-corrected chi connectivity index (χ1v) is 9.52. The minimum Gasteiger partial charge on any atom is -0.351 e. The van der Waals surface area contributed by atoms with Crippen molar-refractivity contribution in [3.63, 3.8) is 0 Å². The van der Waals surface area contributed by atoms with E-state index in [1.165, 1.54) is 20.9 Å². The summed E-state index contributed by atoms with van der Waals surface area (Å²) in [6.07, 6.45) is 0. The Morgan fingerprint density at radius 3 is 2.52 bits per heavy atom. The van der Waals surface area contributed by atoms with Gasteiger partial charge in [0.25, 0.3) is 5.56 Å². The highest BCUT2D eigenvalue weighted by atomic mass is 32.2. The van der Waals surface area contributed by atoms with Gasteiger partial charge in [0.15, 0.2) is 16.3 Å². The van der Waals surface area contributed by atoms with Crippen LogP contribution >= 0.6 is 11.8 Å². The lowest BCUT2D eigenvalue weighted by Gasteiger charge is -2.06. The van der Waals surface area contributed by atoms with Crippen molar-refractivity contribution in [3.8, 4) is 0 Å². The van der Waals surface area contributed by atoms with Crippen LogP contribution in [0.4, 0.5) is 0 Å². The number of carbonyl (C=O) groups excluding carboxylic acids is 1. The molecule has 3 rings (SSSR count). The van der Waals surface area contributed by atoms with Gasteiger partial charge in [-0.25, -0.2) is 9.78 Å². The zero-order valence-electron chi connectivity index (χ0n) is 15.4. The van der Waals surface area contributed by atoms with Crippen molar-refractivity contribution < 1.29 is 4.79 Å². The molecule has 0 aliphatic heterocycles. The maximum absolute atomic E-state index is 12.6. The molecule has 0 atom stereocenters. The molecule has 9 heteroatoms. The number of hydrogen-bond donors (Lipinski definition) is 1. The molecule has 3 aromatic rings. The molecule has 0 bridgehead atoms. The van der Waals surface area contributed by atoms with Gasteiger partial charge in [0, 0.05) is 27.2 Å². The Morgan fingerprint density at radius 2 is 1.85 bits per heavy atom. The van der Waals surface area contributed by atoms with Crippen LogP contribution in [0.2, 0.25) is 0 Å². The van der Waals surface area contributed by atoms with Crippen LogP contribution in [0.1, 0.15) is 12.5 Å². The zero-order valence-corrected chi connectivity index (χ0v) is 16.2. The Kier molecular flexibility index (Phi) is 5.50. The van der Waals surface area contributed by atoms with Gasteiger partial charge in [-0.1, -0.05) is 42.1 Å². The van der Waals surface area contributed by atoms with E-state index in [2.05, 4.69) is 10.3 Å². The van der Waals surface area contributed by atoms with Gasteiger partial charge in [-0.2, -0.15) is 0 Å².